The lowest BCUT2D eigenvalue weighted by molar-refractivity contribution is -0.137. The average molecular weight is 673 g/mol. The van der Waals surface area contributed by atoms with Gasteiger partial charge < -0.3 is 19.3 Å². The van der Waals surface area contributed by atoms with E-state index in [-0.39, 0.29) is 58.4 Å². The second kappa shape index (κ2) is 13.6. The molecule has 1 atom stereocenters. The molecule has 1 N–H and O–H groups in total. The Morgan fingerprint density at radius 3 is 2.60 bits per heavy atom. The molecule has 226 valence electrons. The normalized spacial score (nSPS) is 15.9. The van der Waals surface area contributed by atoms with E-state index in [1.54, 1.807) is 31.9 Å². The van der Waals surface area contributed by atoms with Crippen LogP contribution in [0.4, 0.5) is 29.5 Å². The molecule has 1 aromatic heterocycles. The van der Waals surface area contributed by atoms with E-state index in [0.717, 1.165) is 18.0 Å². The van der Waals surface area contributed by atoms with Gasteiger partial charge in [0.15, 0.2) is 10.9 Å². The largest absolute Gasteiger partial charge is 0.464 e. The van der Waals surface area contributed by atoms with Gasteiger partial charge in [-0.15, -0.1) is 0 Å². The maximum Gasteiger partial charge on any atom is 0.419 e. The van der Waals surface area contributed by atoms with Gasteiger partial charge >= 0.3 is 18.2 Å². The summed E-state index contributed by atoms with van der Waals surface area (Å²) in [5.74, 6) is -0.577. The van der Waals surface area contributed by atoms with Crippen LogP contribution in [-0.2, 0) is 15.7 Å². The number of carbonyl (C=O) groups excluding carboxylic acids is 2. The molecule has 1 aromatic carbocycles. The third kappa shape index (κ3) is 8.03. The number of hydrazone groups is 1. The first-order valence-electron chi connectivity index (χ1n) is 12.5. The van der Waals surface area contributed by atoms with Crippen LogP contribution in [0, 0.1) is 11.3 Å². The summed E-state index contributed by atoms with van der Waals surface area (Å²) in [6, 6.07) is 5.40. The highest BCUT2D eigenvalue weighted by Gasteiger charge is 2.37. The Hall–Kier alpha value is -3.58. The van der Waals surface area contributed by atoms with E-state index in [2.05, 4.69) is 42.5 Å². The Morgan fingerprint density at radius 1 is 1.29 bits per heavy atom. The van der Waals surface area contributed by atoms with Crippen molar-refractivity contribution in [1.82, 2.24) is 14.9 Å². The van der Waals surface area contributed by atoms with Crippen molar-refractivity contribution in [3.63, 3.8) is 0 Å². The molecule has 1 fully saturated rings. The summed E-state index contributed by atoms with van der Waals surface area (Å²) in [7, 11) is 1.17. The van der Waals surface area contributed by atoms with Crippen LogP contribution in [0.2, 0.25) is 0 Å². The van der Waals surface area contributed by atoms with Crippen molar-refractivity contribution in [2.45, 2.75) is 50.2 Å². The minimum atomic E-state index is -4.67. The van der Waals surface area contributed by atoms with Crippen LogP contribution >= 0.6 is 27.7 Å². The van der Waals surface area contributed by atoms with Gasteiger partial charge in [-0.1, -0.05) is 33.8 Å². The number of nitrogens with zero attached hydrogens (tertiary/aromatic N) is 6. The first-order chi connectivity index (χ1) is 19.7. The van der Waals surface area contributed by atoms with Crippen molar-refractivity contribution >= 4 is 57.5 Å². The lowest BCUT2D eigenvalue weighted by atomic mass is 10.1. The van der Waals surface area contributed by atoms with Crippen molar-refractivity contribution in [1.29, 1.82) is 5.26 Å². The van der Waals surface area contributed by atoms with Gasteiger partial charge in [-0.25, -0.2) is 19.6 Å². The highest BCUT2D eigenvalue weighted by molar-refractivity contribution is 9.10. The van der Waals surface area contributed by atoms with Crippen LogP contribution in [-0.4, -0.2) is 77.8 Å². The molecule has 1 unspecified atom stereocenters. The molecule has 0 aliphatic carbocycles. The summed E-state index contributed by atoms with van der Waals surface area (Å²) in [5, 5.41) is 13.7. The molecule has 2 aromatic rings. The topological polar surface area (TPSA) is 133 Å². The minimum absolute atomic E-state index is 0.00580. The van der Waals surface area contributed by atoms with E-state index in [0.29, 0.717) is 0 Å². The first kappa shape index (κ1) is 32.9. The quantitative estimate of drug-likeness (QED) is 0.131. The molecule has 1 aliphatic heterocycles. The first-order valence-corrected chi connectivity index (χ1v) is 14.5. The van der Waals surface area contributed by atoms with Crippen molar-refractivity contribution in [2.24, 2.45) is 5.10 Å². The minimum Gasteiger partial charge on any atom is -0.464 e. The molecule has 1 saturated heterocycles. The molecule has 1 aliphatic rings. The summed E-state index contributed by atoms with van der Waals surface area (Å²) in [6.45, 7) is 5.79. The zero-order chi connectivity index (χ0) is 31.2. The summed E-state index contributed by atoms with van der Waals surface area (Å²) in [4.78, 5) is 37.7. The second-order valence-electron chi connectivity index (χ2n) is 9.95. The Labute approximate surface area is 253 Å². The van der Waals surface area contributed by atoms with Crippen molar-refractivity contribution < 1.29 is 32.2 Å². The van der Waals surface area contributed by atoms with Crippen molar-refractivity contribution in [2.75, 3.05) is 43.3 Å². The highest BCUT2D eigenvalue weighted by atomic mass is 79.9. The molecule has 1 amide bonds. The van der Waals surface area contributed by atoms with E-state index in [9.17, 15) is 28.0 Å². The van der Waals surface area contributed by atoms with E-state index >= 15 is 0 Å². The van der Waals surface area contributed by atoms with Crippen LogP contribution < -0.4 is 10.3 Å². The number of nitriles is 1. The molecule has 16 heteroatoms. The SMILES string of the molecule is COC(=O)c1nc(SC)nc(N2CCN(C(=O)OC(C)(C)C)C(CC#N)C2)c1/C=N/Nc1cccc(Br)c1C(F)(F)F. The second-order valence-corrected chi connectivity index (χ2v) is 11.6. The number of anilines is 2. The zero-order valence-electron chi connectivity index (χ0n) is 23.5. The number of benzene rings is 1. The number of methoxy groups -OCH3 is 1. The molecule has 42 heavy (non-hydrogen) atoms. The summed E-state index contributed by atoms with van der Waals surface area (Å²) in [6.07, 6.45) is -2.39. The Balaban J connectivity index is 2.04. The monoisotopic (exact) mass is 671 g/mol. The number of halogens is 4. The third-order valence-corrected chi connectivity index (χ3v) is 7.09. The van der Waals surface area contributed by atoms with Gasteiger partial charge in [0.1, 0.15) is 11.4 Å². The lowest BCUT2D eigenvalue weighted by Crippen LogP contribution is -2.56. The highest BCUT2D eigenvalue weighted by Crippen LogP contribution is 2.40. The number of piperazine rings is 1. The number of aromatic nitrogens is 2. The van der Waals surface area contributed by atoms with Crippen molar-refractivity contribution in [3.8, 4) is 6.07 Å². The average Bonchev–Trinajstić information content (AvgIpc) is 2.91. The van der Waals surface area contributed by atoms with E-state index in [1.807, 2.05) is 0 Å². The van der Waals surface area contributed by atoms with Gasteiger partial charge in [-0.2, -0.15) is 23.5 Å². The van der Waals surface area contributed by atoms with Crippen molar-refractivity contribution in [3.05, 3.63) is 39.5 Å². The fourth-order valence-corrected chi connectivity index (χ4v) is 5.05. The molecular weight excluding hydrogens is 643 g/mol. The van der Waals surface area contributed by atoms with E-state index in [4.69, 9.17) is 9.47 Å². The van der Waals surface area contributed by atoms with Gasteiger partial charge in [0.2, 0.25) is 0 Å². The third-order valence-electron chi connectivity index (χ3n) is 5.88. The van der Waals surface area contributed by atoms with Gasteiger partial charge in [-0.05, 0) is 39.2 Å². The summed E-state index contributed by atoms with van der Waals surface area (Å²) < 4.78 is 51.3. The predicted octanol–water partition coefficient (Wildman–Crippen LogP) is 5.55. The molecular formula is C26H29BrF3N7O4S. The number of thioether (sulfide) groups is 1. The fraction of sp³-hybridized carbons (Fsp3) is 0.462. The number of hydrogen-bond donors (Lipinski definition) is 1. The van der Waals surface area contributed by atoms with Crippen LogP contribution in [0.25, 0.3) is 0 Å². The Kier molecular flexibility index (Phi) is 10.7. The maximum atomic E-state index is 13.7. The maximum absolute atomic E-state index is 13.7. The molecule has 0 bridgehead atoms. The van der Waals surface area contributed by atoms with Gasteiger partial charge in [0.05, 0.1) is 48.7 Å². The van der Waals surface area contributed by atoms with E-state index in [1.165, 1.54) is 30.2 Å². The number of alkyl halides is 3. The number of amides is 1. The summed E-state index contributed by atoms with van der Waals surface area (Å²) in [5.41, 5.74) is 0.305. The summed E-state index contributed by atoms with van der Waals surface area (Å²) >= 11 is 4.09. The molecule has 11 nitrogen and oxygen atoms in total. The molecule has 0 saturated carbocycles. The standard InChI is InChI=1S/C26H29BrF3N7O4S/c1-25(2,3)41-24(39)37-12-11-36(14-15(37)9-10-31)21-16(20(22(38)40-4)33-23(34-21)42-5)13-32-35-18-8-6-7-17(27)19(18)26(28,29)30/h6-8,13,15,35H,9,11-12,14H2,1-5H3/b32-13+. The molecule has 3 rings (SSSR count). The number of esters is 1. The van der Waals surface area contributed by atoms with Crippen LogP contribution in [0.1, 0.15) is 48.8 Å². The fourth-order valence-electron chi connectivity index (χ4n) is 4.10. The van der Waals surface area contributed by atoms with Crippen LogP contribution in [0.5, 0.6) is 0 Å². The zero-order valence-corrected chi connectivity index (χ0v) is 25.9. The molecule has 2 heterocycles. The van der Waals surface area contributed by atoms with Crippen LogP contribution in [0.3, 0.4) is 0 Å². The lowest BCUT2D eigenvalue weighted by Gasteiger charge is -2.41. The van der Waals surface area contributed by atoms with Gasteiger partial charge in [0.25, 0.3) is 0 Å². The number of carbonyl (C=O) groups is 2. The van der Waals surface area contributed by atoms with E-state index < -0.39 is 35.4 Å². The Morgan fingerprint density at radius 2 is 2.00 bits per heavy atom. The van der Waals surface area contributed by atoms with Gasteiger partial charge in [-0.3, -0.25) is 5.43 Å². The molecule has 0 spiro atoms. The molecule has 0 radical (unpaired) electrons. The predicted molar refractivity (Wildman–Crippen MR) is 155 cm³/mol. The number of rotatable bonds is 7. The van der Waals surface area contributed by atoms with Gasteiger partial charge in [0, 0.05) is 24.1 Å². The smallest absolute Gasteiger partial charge is 0.419 e. The van der Waals surface area contributed by atoms with Crippen LogP contribution in [0.15, 0.2) is 32.9 Å². The number of hydrogen-bond acceptors (Lipinski definition) is 11. The Bertz CT molecular complexity index is 1400. The number of nitrogens with one attached hydrogen (secondary N) is 1. The number of ether oxygens (including phenoxy) is 2.